The van der Waals surface area contributed by atoms with E-state index in [1.165, 1.54) is 24.9 Å². The van der Waals surface area contributed by atoms with E-state index in [2.05, 4.69) is 34.8 Å². The Balaban J connectivity index is 0.000000340. The number of likely N-dealkylation sites (tertiary alicyclic amines) is 2. The number of imide groups is 1. The van der Waals surface area contributed by atoms with Crippen molar-refractivity contribution in [3.63, 3.8) is 0 Å². The van der Waals surface area contributed by atoms with Crippen LogP contribution < -0.4 is 4.90 Å². The molecule has 332 valence electrons. The van der Waals surface area contributed by atoms with Gasteiger partial charge in [-0.3, -0.25) is 24.4 Å². The number of hydrogen-bond donors (Lipinski definition) is 2. The number of methoxy groups -OCH3 is 4. The van der Waals surface area contributed by atoms with Crippen LogP contribution >= 0.6 is 0 Å². The van der Waals surface area contributed by atoms with E-state index in [0.717, 1.165) is 11.3 Å². The number of para-hydroxylation sites is 1. The van der Waals surface area contributed by atoms with Crippen LogP contribution in [-0.4, -0.2) is 146 Å². The molecule has 5 saturated carbocycles. The Morgan fingerprint density at radius 3 is 2.41 bits per heavy atom. The molecule has 2 amide bonds. The maximum atomic E-state index is 14.1. The average Bonchev–Trinajstić information content (AvgIpc) is 3.97. The van der Waals surface area contributed by atoms with E-state index in [1.54, 1.807) is 59.6 Å². The minimum atomic E-state index is -1.70. The van der Waals surface area contributed by atoms with Gasteiger partial charge in [0, 0.05) is 101 Å². The van der Waals surface area contributed by atoms with Gasteiger partial charge >= 0.3 is 5.97 Å². The van der Waals surface area contributed by atoms with Crippen LogP contribution in [0.5, 0.6) is 0 Å². The first kappa shape index (κ1) is 42.9. The molecule has 3 aliphatic heterocycles. The first-order valence-corrected chi connectivity index (χ1v) is 22.4. The Bertz CT molecular complexity index is 2010. The Morgan fingerprint density at radius 1 is 1.00 bits per heavy atom. The fraction of sp³-hybridized carbons (Fsp3) is 0.702. The number of amides is 2. The highest BCUT2D eigenvalue weighted by atomic mass is 16.5. The Labute approximate surface area is 359 Å². The number of carbonyl (C=O) groups excluding carboxylic acids is 3. The van der Waals surface area contributed by atoms with Crippen molar-refractivity contribution in [2.24, 2.45) is 40.4 Å². The molecular formula is C47H64N4O10. The molecule has 2 aromatic rings. The second-order valence-electron chi connectivity index (χ2n) is 19.4. The van der Waals surface area contributed by atoms with E-state index in [9.17, 15) is 24.6 Å². The average molecular weight is 845 g/mol. The van der Waals surface area contributed by atoms with Crippen molar-refractivity contribution in [1.82, 2.24) is 14.8 Å². The molecule has 61 heavy (non-hydrogen) atoms. The molecule has 8 fully saturated rings. The molecule has 1 unspecified atom stereocenters. The maximum Gasteiger partial charge on any atom is 0.340 e. The van der Waals surface area contributed by atoms with Crippen LogP contribution in [0.4, 0.5) is 5.69 Å². The normalized spacial score (nSPS) is 43.4. The molecule has 14 nitrogen and oxygen atoms in total. The lowest BCUT2D eigenvalue weighted by molar-refractivity contribution is -0.320. The van der Waals surface area contributed by atoms with E-state index in [1.807, 2.05) is 18.5 Å². The number of fused-ring (bicyclic) bond motifs is 2. The first-order chi connectivity index (χ1) is 29.3. The van der Waals surface area contributed by atoms with E-state index in [4.69, 9.17) is 23.7 Å². The van der Waals surface area contributed by atoms with Gasteiger partial charge in [-0.25, -0.2) is 9.69 Å². The molecule has 2 N–H and O–H groups in total. The molecule has 1 aromatic carbocycles. The third kappa shape index (κ3) is 5.81. The zero-order valence-corrected chi connectivity index (χ0v) is 36.7. The molecule has 15 atom stereocenters. The van der Waals surface area contributed by atoms with E-state index in [-0.39, 0.29) is 84.5 Å². The van der Waals surface area contributed by atoms with Crippen molar-refractivity contribution >= 4 is 23.5 Å². The van der Waals surface area contributed by atoms with Crippen LogP contribution in [0.2, 0.25) is 0 Å². The Hall–Kier alpha value is -3.34. The smallest absolute Gasteiger partial charge is 0.340 e. The van der Waals surface area contributed by atoms with Crippen molar-refractivity contribution in [1.29, 1.82) is 0 Å². The van der Waals surface area contributed by atoms with Crippen LogP contribution in [0.3, 0.4) is 0 Å². The Morgan fingerprint density at radius 2 is 1.79 bits per heavy atom. The largest absolute Gasteiger partial charge is 0.461 e. The standard InChI is InChI=1S/C37H50N2O10.C10H14N2/c1-7-38-17-34(18-49-32(42)20-10-8-9-11-23(20)39-26(40)14-19(2)31(39)41)13-12-25(46-4)36-22-15-21-24(45-3)16-35(43,27(22)28(21)47-5)37(44,33(36)38)30(48-6)29(34)36;1-12-7-3-5-10(12)9-4-2-6-11-8-9/h8-11,19,21-22,24-25,27-30,33,43-44H,7,12-18H2,1-6H3;2,4,6,8,10H,3,5,7H2,1H3/t19-,21+,22+,24-,25-,27+,28-,29+,30-,33?,34-,35+,36-,37+;10-/m00/s1. The minimum absolute atomic E-state index is 0.0358. The van der Waals surface area contributed by atoms with Gasteiger partial charge in [0.1, 0.15) is 11.2 Å². The van der Waals surface area contributed by atoms with Crippen LogP contribution in [0, 0.1) is 40.4 Å². The monoisotopic (exact) mass is 844 g/mol. The third-order valence-electron chi connectivity index (χ3n) is 17.1. The van der Waals surface area contributed by atoms with Crippen LogP contribution in [0.1, 0.15) is 80.8 Å². The number of aliphatic hydroxyl groups is 2. The number of ether oxygens (including phenoxy) is 5. The summed E-state index contributed by atoms with van der Waals surface area (Å²) in [5.41, 5.74) is -2.81. The van der Waals surface area contributed by atoms with E-state index in [0.29, 0.717) is 32.0 Å². The number of nitrogens with zero attached hydrogens (tertiary/aromatic N) is 4. The summed E-state index contributed by atoms with van der Waals surface area (Å²) in [6.45, 7) is 6.17. The van der Waals surface area contributed by atoms with Crippen molar-refractivity contribution in [3.8, 4) is 0 Å². The highest BCUT2D eigenvalue weighted by Gasteiger charge is 2.91. The molecule has 14 heteroatoms. The zero-order chi connectivity index (χ0) is 43.2. The molecule has 10 rings (SSSR count). The summed E-state index contributed by atoms with van der Waals surface area (Å²) in [7, 11) is 8.88. The van der Waals surface area contributed by atoms with Gasteiger partial charge in [0.2, 0.25) is 11.8 Å². The molecular weight excluding hydrogens is 781 g/mol. The highest BCUT2D eigenvalue weighted by Crippen LogP contribution is 2.80. The topological polar surface area (TPSA) is 160 Å². The number of pyridine rings is 1. The highest BCUT2D eigenvalue weighted by molar-refractivity contribution is 6.22. The summed E-state index contributed by atoms with van der Waals surface area (Å²) < 4.78 is 31.4. The van der Waals surface area contributed by atoms with Gasteiger partial charge in [0.25, 0.3) is 0 Å². The quantitative estimate of drug-likeness (QED) is 0.262. The van der Waals surface area contributed by atoms with Crippen LogP contribution in [0.15, 0.2) is 48.8 Å². The number of piperidine rings is 1. The number of aromatic nitrogens is 1. The predicted molar refractivity (Wildman–Crippen MR) is 223 cm³/mol. The number of esters is 1. The van der Waals surface area contributed by atoms with Gasteiger partial charge in [-0.05, 0) is 81.9 Å². The maximum absolute atomic E-state index is 14.1. The van der Waals surface area contributed by atoms with Gasteiger partial charge in [0.05, 0.1) is 48.3 Å². The number of anilines is 1. The Kier molecular flexibility index (Phi) is 11.1. The minimum Gasteiger partial charge on any atom is -0.461 e. The summed E-state index contributed by atoms with van der Waals surface area (Å²) in [6.07, 6.45) is 7.22. The molecule has 4 heterocycles. The van der Waals surface area contributed by atoms with Crippen molar-refractivity contribution in [2.75, 3.05) is 66.6 Å². The third-order valence-corrected chi connectivity index (χ3v) is 17.1. The molecule has 5 aliphatic carbocycles. The van der Waals surface area contributed by atoms with Crippen LogP contribution in [0.25, 0.3) is 0 Å². The summed E-state index contributed by atoms with van der Waals surface area (Å²) in [5.74, 6) is -2.47. The lowest BCUT2D eigenvalue weighted by Crippen LogP contribution is -2.82. The van der Waals surface area contributed by atoms with Gasteiger partial charge in [-0.1, -0.05) is 32.0 Å². The SMILES string of the molecule is CCN1C[C@]2(COC(=O)c3ccccc3N3C(=O)C[C@H](C)C3=O)CC[C@H](OC)[C@]34C1[C@](O)([C@@H](OC)[C@H]23)[C@@]1(O)C[C@H](OC)[C@H]2C[C@@H]4[C@@H]1[C@H]2OC.CN1CCC[C@H]1c1cccnc1. The van der Waals surface area contributed by atoms with Crippen molar-refractivity contribution in [2.45, 2.75) is 106 Å². The second-order valence-corrected chi connectivity index (χ2v) is 19.4. The molecule has 1 spiro atoms. The molecule has 8 aliphatic rings. The number of likely N-dealkylation sites (N-methyl/N-ethyl adjacent to an activating group) is 1. The van der Waals surface area contributed by atoms with Gasteiger partial charge < -0.3 is 33.9 Å². The molecule has 1 aromatic heterocycles. The lowest BCUT2D eigenvalue weighted by Gasteiger charge is -2.70. The summed E-state index contributed by atoms with van der Waals surface area (Å²) in [6, 6.07) is 10.9. The molecule has 3 saturated heterocycles. The number of hydrogen-bond acceptors (Lipinski definition) is 13. The number of benzene rings is 1. The van der Waals surface area contributed by atoms with Crippen LogP contribution in [-0.2, 0) is 33.3 Å². The molecule has 7 bridgehead atoms. The number of rotatable bonds is 10. The summed E-state index contributed by atoms with van der Waals surface area (Å²) >= 11 is 0. The zero-order valence-electron chi connectivity index (χ0n) is 36.7. The van der Waals surface area contributed by atoms with E-state index >= 15 is 0 Å². The predicted octanol–water partition coefficient (Wildman–Crippen LogP) is 3.88. The van der Waals surface area contributed by atoms with Gasteiger partial charge in [-0.2, -0.15) is 0 Å². The molecule has 0 radical (unpaired) electrons. The second kappa shape index (κ2) is 15.7. The lowest BCUT2D eigenvalue weighted by atomic mass is 9.42. The van der Waals surface area contributed by atoms with E-state index < -0.39 is 46.1 Å². The summed E-state index contributed by atoms with van der Waals surface area (Å²) in [5, 5.41) is 26.6. The van der Waals surface area contributed by atoms with Crippen molar-refractivity contribution < 1.29 is 48.3 Å². The van der Waals surface area contributed by atoms with Gasteiger partial charge in [-0.15, -0.1) is 0 Å². The van der Waals surface area contributed by atoms with Crippen molar-refractivity contribution in [3.05, 3.63) is 59.9 Å². The fourth-order valence-corrected chi connectivity index (χ4v) is 15.1. The van der Waals surface area contributed by atoms with Gasteiger partial charge in [0.15, 0.2) is 0 Å². The number of carbonyl (C=O) groups is 3. The summed E-state index contributed by atoms with van der Waals surface area (Å²) in [4.78, 5) is 49.8. The fourth-order valence-electron chi connectivity index (χ4n) is 15.1. The first-order valence-electron chi connectivity index (χ1n) is 22.4.